The maximum atomic E-state index is 14.2. The van der Waals surface area contributed by atoms with Crippen molar-refractivity contribution in [3.63, 3.8) is 0 Å². The number of Topliss-reactive ketones (excluding diaryl/α,β-unsaturated/α-hetero) is 1. The van der Waals surface area contributed by atoms with Crippen LogP contribution < -0.4 is 24.8 Å². The van der Waals surface area contributed by atoms with Crippen molar-refractivity contribution in [1.82, 2.24) is 0 Å². The summed E-state index contributed by atoms with van der Waals surface area (Å²) in [5.74, 6) is -3.73. The minimum Gasteiger partial charge on any atom is -0.495 e. The molecule has 9 nitrogen and oxygen atoms in total. The van der Waals surface area contributed by atoms with Gasteiger partial charge in [0.15, 0.2) is 0 Å². The molecule has 0 bridgehead atoms. The number of rotatable bonds is 10. The van der Waals surface area contributed by atoms with Gasteiger partial charge in [-0.15, -0.1) is 0 Å². The average Bonchev–Trinajstić information content (AvgIpc) is 3.05. The first kappa shape index (κ1) is 34.2. The third kappa shape index (κ3) is 7.21. The summed E-state index contributed by atoms with van der Waals surface area (Å²) in [6.45, 7) is 8.01. The molecule has 1 fully saturated rings. The number of para-hydroxylation sites is 4. The molecule has 4 unspecified atom stereocenters. The second-order valence-electron chi connectivity index (χ2n) is 12.6. The fourth-order valence-electron chi connectivity index (χ4n) is 6.53. The number of benzene rings is 4. The number of hydrogen-bond acceptors (Lipinski definition) is 7. The van der Waals surface area contributed by atoms with Gasteiger partial charge in [0.1, 0.15) is 35.6 Å². The van der Waals surface area contributed by atoms with Gasteiger partial charge >= 0.3 is 0 Å². The van der Waals surface area contributed by atoms with Crippen LogP contribution in [0.3, 0.4) is 0 Å². The Kier molecular flexibility index (Phi) is 10.2. The number of hydrogen-bond donors (Lipinski definition) is 3. The first-order valence-corrected chi connectivity index (χ1v) is 15.9. The molecule has 0 saturated heterocycles. The minimum absolute atomic E-state index is 0.358. The molecular weight excluding hydrogens is 608 g/mol. The Balaban J connectivity index is 1.51. The van der Waals surface area contributed by atoms with Crippen molar-refractivity contribution >= 4 is 29.0 Å². The van der Waals surface area contributed by atoms with Gasteiger partial charge in [-0.25, -0.2) is 0 Å². The van der Waals surface area contributed by atoms with E-state index in [9.17, 15) is 19.5 Å². The molecule has 4 aromatic rings. The molecule has 48 heavy (non-hydrogen) atoms. The van der Waals surface area contributed by atoms with Crippen LogP contribution >= 0.6 is 0 Å². The minimum atomic E-state index is -1.77. The van der Waals surface area contributed by atoms with Gasteiger partial charge < -0.3 is 30.0 Å². The van der Waals surface area contributed by atoms with Gasteiger partial charge in [-0.1, -0.05) is 48.5 Å². The summed E-state index contributed by atoms with van der Waals surface area (Å²) in [4.78, 5) is 42.0. The van der Waals surface area contributed by atoms with Crippen LogP contribution in [0.1, 0.15) is 47.1 Å². The summed E-state index contributed by atoms with van der Waals surface area (Å²) >= 11 is 0. The summed E-state index contributed by atoms with van der Waals surface area (Å²) in [6, 6.07) is 25.0. The number of nitrogens with one attached hydrogen (secondary N) is 2. The molecular formula is C39H42N2O7. The van der Waals surface area contributed by atoms with E-state index in [4.69, 9.17) is 14.2 Å². The third-order valence-electron chi connectivity index (χ3n) is 9.17. The predicted octanol–water partition coefficient (Wildman–Crippen LogP) is 6.53. The summed E-state index contributed by atoms with van der Waals surface area (Å²) in [6.07, 6.45) is -0.395. The standard InChI is InChI=1S/C39H42N2O7/c1-23-19-25(3)27(20-24(23)2)22-48-28-17-15-26(16-18-28)34-35(37(43)40-29-11-7-9-13-32(29)46-5)31(42)21-39(4,45)36(34)38(44)41-30-12-8-10-14-33(30)47-6/h7-20,34-36,45H,21-22H2,1-6H3,(H,40,43)(H,41,44). The van der Waals surface area contributed by atoms with Gasteiger partial charge in [-0.05, 0) is 91.9 Å². The van der Waals surface area contributed by atoms with Gasteiger partial charge in [-0.3, -0.25) is 14.4 Å². The quantitative estimate of drug-likeness (QED) is 0.167. The van der Waals surface area contributed by atoms with Crippen LogP contribution in [0.5, 0.6) is 17.2 Å². The van der Waals surface area contributed by atoms with Gasteiger partial charge in [0.05, 0.1) is 37.1 Å². The molecule has 0 heterocycles. The lowest BCUT2D eigenvalue weighted by atomic mass is 9.61. The van der Waals surface area contributed by atoms with Crippen molar-refractivity contribution in [3.8, 4) is 17.2 Å². The summed E-state index contributed by atoms with van der Waals surface area (Å²) in [5, 5.41) is 17.4. The molecule has 9 heteroatoms. The fraction of sp³-hybridized carbons (Fsp3) is 0.308. The topological polar surface area (TPSA) is 123 Å². The normalized spacial score (nSPS) is 20.5. The van der Waals surface area contributed by atoms with Gasteiger partial charge in [0.2, 0.25) is 11.8 Å². The number of carbonyl (C=O) groups excluding carboxylic acids is 3. The zero-order valence-electron chi connectivity index (χ0n) is 28.1. The van der Waals surface area contributed by atoms with E-state index < -0.39 is 47.4 Å². The number of amides is 2. The van der Waals surface area contributed by atoms with E-state index >= 15 is 0 Å². The number of ether oxygens (including phenoxy) is 3. The Morgan fingerprint density at radius 3 is 1.92 bits per heavy atom. The van der Waals surface area contributed by atoms with Crippen LogP contribution in [0.4, 0.5) is 11.4 Å². The zero-order chi connectivity index (χ0) is 34.6. The van der Waals surface area contributed by atoms with Crippen LogP contribution in [-0.2, 0) is 21.0 Å². The predicted molar refractivity (Wildman–Crippen MR) is 185 cm³/mol. The van der Waals surface area contributed by atoms with E-state index in [2.05, 4.69) is 36.6 Å². The number of carbonyl (C=O) groups is 3. The second kappa shape index (κ2) is 14.3. The Bertz CT molecular complexity index is 1820. The molecule has 0 aromatic heterocycles. The largest absolute Gasteiger partial charge is 0.495 e. The van der Waals surface area contributed by atoms with Crippen molar-refractivity contribution < 1.29 is 33.7 Å². The van der Waals surface area contributed by atoms with Crippen molar-refractivity contribution in [2.24, 2.45) is 11.8 Å². The molecule has 1 saturated carbocycles. The maximum absolute atomic E-state index is 14.2. The molecule has 2 amide bonds. The van der Waals surface area contributed by atoms with Crippen LogP contribution in [0.2, 0.25) is 0 Å². The molecule has 1 aliphatic rings. The monoisotopic (exact) mass is 650 g/mol. The number of ketones is 1. The van der Waals surface area contributed by atoms with E-state index in [-0.39, 0.29) is 0 Å². The molecule has 0 spiro atoms. The first-order chi connectivity index (χ1) is 22.9. The highest BCUT2D eigenvalue weighted by Gasteiger charge is 2.56. The first-order valence-electron chi connectivity index (χ1n) is 15.9. The van der Waals surface area contributed by atoms with E-state index in [1.165, 1.54) is 32.3 Å². The lowest BCUT2D eigenvalue weighted by molar-refractivity contribution is -0.150. The van der Waals surface area contributed by atoms with E-state index in [0.717, 1.165) is 11.1 Å². The summed E-state index contributed by atoms with van der Waals surface area (Å²) < 4.78 is 17.0. The SMILES string of the molecule is COc1ccccc1NC(=O)C1C(=O)CC(C)(O)C(C(=O)Nc2ccccc2OC)C1c1ccc(OCc2cc(C)c(C)cc2C)cc1. The van der Waals surface area contributed by atoms with Crippen LogP contribution in [0.15, 0.2) is 84.9 Å². The molecule has 5 rings (SSSR count). The van der Waals surface area contributed by atoms with Crippen LogP contribution in [0, 0.1) is 32.6 Å². The van der Waals surface area contributed by atoms with Crippen LogP contribution in [0.25, 0.3) is 0 Å². The Morgan fingerprint density at radius 1 is 0.792 bits per heavy atom. The fourth-order valence-corrected chi connectivity index (χ4v) is 6.53. The van der Waals surface area contributed by atoms with E-state index in [1.54, 1.807) is 72.8 Å². The van der Waals surface area contributed by atoms with E-state index in [0.29, 0.717) is 40.8 Å². The van der Waals surface area contributed by atoms with Crippen molar-refractivity contribution in [2.75, 3.05) is 24.9 Å². The second-order valence-corrected chi connectivity index (χ2v) is 12.6. The average molecular weight is 651 g/mol. The third-order valence-corrected chi connectivity index (χ3v) is 9.17. The van der Waals surface area contributed by atoms with Gasteiger partial charge in [-0.2, -0.15) is 0 Å². The highest BCUT2D eigenvalue weighted by molar-refractivity contribution is 6.11. The molecule has 4 aromatic carbocycles. The smallest absolute Gasteiger partial charge is 0.235 e. The highest BCUT2D eigenvalue weighted by Crippen LogP contribution is 2.47. The van der Waals surface area contributed by atoms with Crippen molar-refractivity contribution in [1.29, 1.82) is 0 Å². The molecule has 1 aliphatic carbocycles. The van der Waals surface area contributed by atoms with Gasteiger partial charge in [0.25, 0.3) is 0 Å². The highest BCUT2D eigenvalue weighted by atomic mass is 16.5. The molecule has 0 aliphatic heterocycles. The summed E-state index contributed by atoms with van der Waals surface area (Å²) in [7, 11) is 2.98. The van der Waals surface area contributed by atoms with Crippen molar-refractivity contribution in [3.05, 3.63) is 113 Å². The number of aryl methyl sites for hydroxylation is 3. The number of aliphatic hydroxyl groups is 1. The molecule has 3 N–H and O–H groups in total. The molecule has 0 radical (unpaired) electrons. The number of methoxy groups -OCH3 is 2. The Morgan fingerprint density at radius 2 is 1.33 bits per heavy atom. The van der Waals surface area contributed by atoms with E-state index in [1.807, 2.05) is 6.92 Å². The lowest BCUT2D eigenvalue weighted by Gasteiger charge is -2.44. The molecule has 250 valence electrons. The summed E-state index contributed by atoms with van der Waals surface area (Å²) in [5.41, 5.74) is 4.13. The maximum Gasteiger partial charge on any atom is 0.235 e. The molecule has 4 atom stereocenters. The van der Waals surface area contributed by atoms with Crippen LogP contribution in [-0.4, -0.2) is 42.5 Å². The Labute approximate surface area is 281 Å². The lowest BCUT2D eigenvalue weighted by Crippen LogP contribution is -2.56. The number of anilines is 2. The van der Waals surface area contributed by atoms with Gasteiger partial charge in [0, 0.05) is 12.3 Å². The zero-order valence-corrected chi connectivity index (χ0v) is 28.1. The Hall–Kier alpha value is -5.15. The van der Waals surface area contributed by atoms with Crippen molar-refractivity contribution in [2.45, 2.75) is 52.2 Å².